The van der Waals surface area contributed by atoms with Crippen LogP contribution in [0, 0.1) is 7.27 Å². The normalized spacial score (nSPS) is 9.83. The number of nitrogens with two attached hydrogens (primary N) is 1. The molecule has 1 aromatic heterocycles. The van der Waals surface area contributed by atoms with Crippen molar-refractivity contribution in [3.05, 3.63) is 19.0 Å². The summed E-state index contributed by atoms with van der Waals surface area (Å²) in [5.74, 6) is -1.09. The van der Waals surface area contributed by atoms with Crippen LogP contribution in [0.4, 0.5) is 5.69 Å². The van der Waals surface area contributed by atoms with E-state index in [4.69, 9.17) is 10.8 Å². The molecule has 0 fully saturated rings. The molecule has 0 aliphatic rings. The van der Waals surface area contributed by atoms with Crippen molar-refractivity contribution in [3.8, 4) is 0 Å². The van der Waals surface area contributed by atoms with E-state index in [1.54, 1.807) is 6.07 Å². The number of aromatic nitrogens is 1. The maximum absolute atomic E-state index is 10.6. The van der Waals surface area contributed by atoms with Crippen molar-refractivity contribution in [2.24, 2.45) is 0 Å². The number of nitrogens with zero attached hydrogens (tertiary/aromatic N) is 1. The van der Waals surface area contributed by atoms with Gasteiger partial charge in [-0.1, -0.05) is 0 Å². The van der Waals surface area contributed by atoms with Crippen molar-refractivity contribution in [1.82, 2.24) is 4.98 Å². The molecule has 0 bridgehead atoms. The number of rotatable bonds is 1. The van der Waals surface area contributed by atoms with E-state index in [2.05, 4.69) is 4.98 Å². The van der Waals surface area contributed by atoms with Gasteiger partial charge >= 0.3 is 5.97 Å². The second kappa shape index (κ2) is 3.73. The third-order valence-electron chi connectivity index (χ3n) is 1.18. The summed E-state index contributed by atoms with van der Waals surface area (Å²) in [6.45, 7) is 0. The maximum atomic E-state index is 10.6. The van der Waals surface area contributed by atoms with Gasteiger partial charge in [0.1, 0.15) is 3.70 Å². The standard InChI is InChI=1S/C6H4I2N2O2/c7-2-1-3(8)10-5(4(2)9)6(11)12/h1H,9H2,(H,11,12). The summed E-state index contributed by atoms with van der Waals surface area (Å²) < 4.78 is 1.34. The predicted octanol–water partition coefficient (Wildman–Crippen LogP) is 1.57. The smallest absolute Gasteiger partial charge is 0.356 e. The number of nitrogen functional groups attached to an aromatic ring is 1. The molecule has 1 aromatic rings. The summed E-state index contributed by atoms with van der Waals surface area (Å²) in [5, 5.41) is 8.67. The Morgan fingerprint density at radius 2 is 2.17 bits per heavy atom. The fraction of sp³-hybridized carbons (Fsp3) is 0. The Kier molecular flexibility index (Phi) is 3.09. The number of aromatic carboxylic acids is 1. The topological polar surface area (TPSA) is 76.2 Å². The van der Waals surface area contributed by atoms with Crippen LogP contribution in [0.2, 0.25) is 0 Å². The second-order valence-corrected chi connectivity index (χ2v) is 4.26. The first-order chi connectivity index (χ1) is 5.52. The van der Waals surface area contributed by atoms with Crippen LogP contribution in [0.1, 0.15) is 10.5 Å². The van der Waals surface area contributed by atoms with Crippen LogP contribution in [-0.2, 0) is 0 Å². The molecule has 1 rings (SSSR count). The van der Waals surface area contributed by atoms with Crippen LogP contribution in [0.15, 0.2) is 6.07 Å². The van der Waals surface area contributed by atoms with Crippen molar-refractivity contribution in [2.75, 3.05) is 5.73 Å². The minimum absolute atomic E-state index is 0.0775. The van der Waals surface area contributed by atoms with E-state index in [0.717, 1.165) is 0 Å². The third-order valence-corrected chi connectivity index (χ3v) is 2.62. The summed E-state index contributed by atoms with van der Waals surface area (Å²) in [7, 11) is 0. The van der Waals surface area contributed by atoms with Gasteiger partial charge in [0.25, 0.3) is 0 Å². The van der Waals surface area contributed by atoms with Gasteiger partial charge in [-0.3, -0.25) is 0 Å². The Morgan fingerprint density at radius 1 is 1.58 bits per heavy atom. The van der Waals surface area contributed by atoms with Gasteiger partial charge in [-0.15, -0.1) is 0 Å². The summed E-state index contributed by atoms with van der Waals surface area (Å²) in [6.07, 6.45) is 0. The fourth-order valence-corrected chi connectivity index (χ4v) is 2.36. The summed E-state index contributed by atoms with van der Waals surface area (Å²) in [5.41, 5.74) is 5.65. The summed E-state index contributed by atoms with van der Waals surface area (Å²) in [4.78, 5) is 14.4. The van der Waals surface area contributed by atoms with E-state index < -0.39 is 5.97 Å². The molecule has 1 heterocycles. The lowest BCUT2D eigenvalue weighted by molar-refractivity contribution is 0.0691. The highest BCUT2D eigenvalue weighted by Crippen LogP contribution is 2.19. The largest absolute Gasteiger partial charge is 0.476 e. The molecule has 6 heteroatoms. The molecule has 64 valence electrons. The highest BCUT2D eigenvalue weighted by atomic mass is 127. The Balaban J connectivity index is 3.37. The first kappa shape index (κ1) is 9.96. The molecular weight excluding hydrogens is 386 g/mol. The number of carbonyl (C=O) groups is 1. The summed E-state index contributed by atoms with van der Waals surface area (Å²) in [6, 6.07) is 1.73. The first-order valence-corrected chi connectivity index (χ1v) is 5.03. The molecule has 12 heavy (non-hydrogen) atoms. The minimum Gasteiger partial charge on any atom is -0.476 e. The molecule has 0 atom stereocenters. The van der Waals surface area contributed by atoms with Crippen LogP contribution in [-0.4, -0.2) is 16.1 Å². The first-order valence-electron chi connectivity index (χ1n) is 2.87. The Hall–Kier alpha value is -0.120. The molecular formula is C6H4I2N2O2. The van der Waals surface area contributed by atoms with Gasteiger partial charge < -0.3 is 10.8 Å². The highest BCUT2D eigenvalue weighted by Gasteiger charge is 2.13. The lowest BCUT2D eigenvalue weighted by Gasteiger charge is -2.02. The lowest BCUT2D eigenvalue weighted by atomic mass is 10.3. The zero-order valence-corrected chi connectivity index (χ0v) is 10.0. The molecule has 0 aliphatic heterocycles. The predicted molar refractivity (Wildman–Crippen MR) is 61.0 cm³/mol. The van der Waals surface area contributed by atoms with E-state index in [1.165, 1.54) is 0 Å². The Labute approximate surface area is 95.8 Å². The van der Waals surface area contributed by atoms with Crippen molar-refractivity contribution in [2.45, 2.75) is 0 Å². The second-order valence-electron chi connectivity index (χ2n) is 1.99. The van der Waals surface area contributed by atoms with Crippen LogP contribution in [0.5, 0.6) is 0 Å². The number of carboxylic acids is 1. The van der Waals surface area contributed by atoms with Crippen molar-refractivity contribution < 1.29 is 9.90 Å². The Bertz CT molecular complexity index is 341. The zero-order chi connectivity index (χ0) is 9.30. The SMILES string of the molecule is Nc1c(I)cc(I)nc1C(=O)O. The van der Waals surface area contributed by atoms with E-state index >= 15 is 0 Å². The third kappa shape index (κ3) is 1.97. The zero-order valence-electron chi connectivity index (χ0n) is 5.71. The number of pyridine rings is 1. The molecule has 0 aromatic carbocycles. The molecule has 0 amide bonds. The number of halogens is 2. The lowest BCUT2D eigenvalue weighted by Crippen LogP contribution is -2.08. The van der Waals surface area contributed by atoms with E-state index in [0.29, 0.717) is 7.27 Å². The fourth-order valence-electron chi connectivity index (χ4n) is 0.658. The van der Waals surface area contributed by atoms with Crippen molar-refractivity contribution in [3.63, 3.8) is 0 Å². The van der Waals surface area contributed by atoms with E-state index in [-0.39, 0.29) is 11.4 Å². The van der Waals surface area contributed by atoms with Gasteiger partial charge in [0.2, 0.25) is 0 Å². The van der Waals surface area contributed by atoms with Crippen LogP contribution >= 0.6 is 45.2 Å². The maximum Gasteiger partial charge on any atom is 0.356 e. The number of anilines is 1. The number of carboxylic acid groups (broad SMARTS) is 1. The number of hydrogen-bond acceptors (Lipinski definition) is 3. The Morgan fingerprint density at radius 3 is 2.67 bits per heavy atom. The van der Waals surface area contributed by atoms with Crippen molar-refractivity contribution >= 4 is 56.8 Å². The minimum atomic E-state index is -1.09. The molecule has 0 unspecified atom stereocenters. The van der Waals surface area contributed by atoms with Gasteiger partial charge in [0.05, 0.1) is 5.69 Å². The average Bonchev–Trinajstić information content (AvgIpc) is 1.96. The molecule has 0 saturated carbocycles. The van der Waals surface area contributed by atoms with Crippen LogP contribution < -0.4 is 5.73 Å². The molecule has 0 aliphatic carbocycles. The molecule has 4 nitrogen and oxygen atoms in total. The molecule has 0 spiro atoms. The van der Waals surface area contributed by atoms with E-state index in [9.17, 15) is 4.79 Å². The quantitative estimate of drug-likeness (QED) is 0.564. The van der Waals surface area contributed by atoms with Gasteiger partial charge in [0, 0.05) is 3.57 Å². The monoisotopic (exact) mass is 390 g/mol. The van der Waals surface area contributed by atoms with Crippen molar-refractivity contribution in [1.29, 1.82) is 0 Å². The molecule has 0 radical (unpaired) electrons. The number of hydrogen-bond donors (Lipinski definition) is 2. The highest BCUT2D eigenvalue weighted by molar-refractivity contribution is 14.1. The molecule has 3 N–H and O–H groups in total. The average molecular weight is 390 g/mol. The van der Waals surface area contributed by atoms with E-state index in [1.807, 2.05) is 45.2 Å². The van der Waals surface area contributed by atoms with Crippen LogP contribution in [0.25, 0.3) is 0 Å². The molecule has 0 saturated heterocycles. The summed E-state index contributed by atoms with van der Waals surface area (Å²) >= 11 is 3.92. The van der Waals surface area contributed by atoms with Gasteiger partial charge in [-0.2, -0.15) is 0 Å². The van der Waals surface area contributed by atoms with Crippen LogP contribution in [0.3, 0.4) is 0 Å². The van der Waals surface area contributed by atoms with Gasteiger partial charge in [-0.25, -0.2) is 9.78 Å². The van der Waals surface area contributed by atoms with Gasteiger partial charge in [0.15, 0.2) is 5.69 Å². The van der Waals surface area contributed by atoms with Gasteiger partial charge in [-0.05, 0) is 51.2 Å².